The van der Waals surface area contributed by atoms with Crippen LogP contribution in [0.5, 0.6) is 5.75 Å². The highest BCUT2D eigenvalue weighted by molar-refractivity contribution is 6.01. The minimum atomic E-state index is -0.971. The second kappa shape index (κ2) is 10.9. The summed E-state index contributed by atoms with van der Waals surface area (Å²) < 4.78 is 11.3. The van der Waals surface area contributed by atoms with Crippen LogP contribution in [-0.2, 0) is 16.1 Å². The number of carbonyl (C=O) groups excluding carboxylic acids is 2. The van der Waals surface area contributed by atoms with Crippen molar-refractivity contribution in [3.8, 4) is 5.75 Å². The number of hydrogen-bond acceptors (Lipinski definition) is 5. The van der Waals surface area contributed by atoms with Gasteiger partial charge in [0.25, 0.3) is 0 Å². The first-order chi connectivity index (χ1) is 16.2. The van der Waals surface area contributed by atoms with Crippen molar-refractivity contribution in [3.63, 3.8) is 0 Å². The van der Waals surface area contributed by atoms with Crippen LogP contribution in [0.15, 0.2) is 84.9 Å². The van der Waals surface area contributed by atoms with Crippen LogP contribution < -0.4 is 4.74 Å². The van der Waals surface area contributed by atoms with Crippen molar-refractivity contribution >= 4 is 11.8 Å². The lowest BCUT2D eigenvalue weighted by Crippen LogP contribution is -2.45. The summed E-state index contributed by atoms with van der Waals surface area (Å²) >= 11 is 0. The van der Waals surface area contributed by atoms with Crippen LogP contribution in [0.25, 0.3) is 0 Å². The zero-order chi connectivity index (χ0) is 23.0. The quantitative estimate of drug-likeness (QED) is 0.353. The molecule has 0 spiro atoms. The van der Waals surface area contributed by atoms with Gasteiger partial charge in [-0.25, -0.2) is 0 Å². The molecule has 2 unspecified atom stereocenters. The standard InChI is InChI=1S/C28H29NO4/c1-32-24-16-10-11-21(19-24)20-29-18-9-8-17-25(29)28(31)33-27(23-14-6-3-7-15-23)26(30)22-12-4-2-5-13-22/h2-7,10-16,19,25,27H,8-9,17-18,20H2,1H3. The van der Waals surface area contributed by atoms with Crippen molar-refractivity contribution in [2.75, 3.05) is 13.7 Å². The molecule has 0 bridgehead atoms. The molecule has 3 aromatic rings. The third kappa shape index (κ3) is 5.68. The predicted octanol–water partition coefficient (Wildman–Crippen LogP) is 5.22. The molecule has 0 radical (unpaired) electrons. The minimum Gasteiger partial charge on any atom is -0.497 e. The van der Waals surface area contributed by atoms with Gasteiger partial charge < -0.3 is 9.47 Å². The topological polar surface area (TPSA) is 55.8 Å². The molecule has 4 rings (SSSR count). The van der Waals surface area contributed by atoms with Gasteiger partial charge >= 0.3 is 5.97 Å². The van der Waals surface area contributed by atoms with E-state index in [4.69, 9.17) is 9.47 Å². The van der Waals surface area contributed by atoms with E-state index in [1.807, 2.05) is 72.8 Å². The molecule has 0 amide bonds. The lowest BCUT2D eigenvalue weighted by atomic mass is 9.98. The summed E-state index contributed by atoms with van der Waals surface area (Å²) in [7, 11) is 1.65. The normalized spacial score (nSPS) is 17.2. The first kappa shape index (κ1) is 22.7. The predicted molar refractivity (Wildman–Crippen MR) is 127 cm³/mol. The number of hydrogen-bond donors (Lipinski definition) is 0. The highest BCUT2D eigenvalue weighted by atomic mass is 16.5. The monoisotopic (exact) mass is 443 g/mol. The highest BCUT2D eigenvalue weighted by Crippen LogP contribution is 2.27. The Labute approximate surface area is 194 Å². The number of Topliss-reactive ketones (excluding diaryl/α,β-unsaturated/α-hetero) is 1. The van der Waals surface area contributed by atoms with Gasteiger partial charge in [-0.15, -0.1) is 0 Å². The smallest absolute Gasteiger partial charge is 0.324 e. The Kier molecular flexibility index (Phi) is 7.53. The summed E-state index contributed by atoms with van der Waals surface area (Å²) in [6.07, 6.45) is 1.72. The number of carbonyl (C=O) groups is 2. The summed E-state index contributed by atoms with van der Waals surface area (Å²) in [5.41, 5.74) is 2.28. The molecule has 0 aromatic heterocycles. The number of nitrogens with zero attached hydrogens (tertiary/aromatic N) is 1. The van der Waals surface area contributed by atoms with E-state index < -0.39 is 6.10 Å². The minimum absolute atomic E-state index is 0.217. The van der Waals surface area contributed by atoms with Crippen molar-refractivity contribution in [2.45, 2.75) is 38.0 Å². The first-order valence-electron chi connectivity index (χ1n) is 11.4. The first-order valence-corrected chi connectivity index (χ1v) is 11.4. The molecule has 1 fully saturated rings. The maximum absolute atomic E-state index is 13.4. The van der Waals surface area contributed by atoms with E-state index >= 15 is 0 Å². The van der Waals surface area contributed by atoms with Gasteiger partial charge in [-0.1, -0.05) is 79.2 Å². The molecule has 33 heavy (non-hydrogen) atoms. The van der Waals surface area contributed by atoms with Gasteiger partial charge in [-0.3, -0.25) is 14.5 Å². The van der Waals surface area contributed by atoms with Gasteiger partial charge in [0.1, 0.15) is 11.8 Å². The van der Waals surface area contributed by atoms with Crippen molar-refractivity contribution < 1.29 is 19.1 Å². The number of ketones is 1. The summed E-state index contributed by atoms with van der Waals surface area (Å²) in [6, 6.07) is 25.7. The summed E-state index contributed by atoms with van der Waals surface area (Å²) in [5, 5.41) is 0. The fraction of sp³-hybridized carbons (Fsp3) is 0.286. The lowest BCUT2D eigenvalue weighted by molar-refractivity contribution is -0.155. The molecule has 0 aliphatic carbocycles. The molecule has 1 aliphatic rings. The Bertz CT molecular complexity index is 1070. The Morgan fingerprint density at radius 2 is 1.67 bits per heavy atom. The number of piperidine rings is 1. The molecule has 1 saturated heterocycles. The molecule has 5 heteroatoms. The van der Waals surface area contributed by atoms with Crippen molar-refractivity contribution in [1.82, 2.24) is 4.90 Å². The molecule has 1 heterocycles. The number of methoxy groups -OCH3 is 1. The van der Waals surface area contributed by atoms with E-state index in [1.165, 1.54) is 0 Å². The average molecular weight is 444 g/mol. The van der Waals surface area contributed by atoms with E-state index in [1.54, 1.807) is 19.2 Å². The highest BCUT2D eigenvalue weighted by Gasteiger charge is 2.34. The molecule has 1 aliphatic heterocycles. The second-order valence-corrected chi connectivity index (χ2v) is 8.29. The second-order valence-electron chi connectivity index (χ2n) is 8.29. The third-order valence-corrected chi connectivity index (χ3v) is 6.04. The third-order valence-electron chi connectivity index (χ3n) is 6.04. The van der Waals surface area contributed by atoms with Gasteiger partial charge in [-0.2, -0.15) is 0 Å². The van der Waals surface area contributed by atoms with Gasteiger partial charge in [0.15, 0.2) is 6.10 Å². The lowest BCUT2D eigenvalue weighted by Gasteiger charge is -2.35. The summed E-state index contributed by atoms with van der Waals surface area (Å²) in [6.45, 7) is 1.43. The number of likely N-dealkylation sites (tertiary alicyclic amines) is 1. The van der Waals surface area contributed by atoms with Crippen LogP contribution >= 0.6 is 0 Å². The van der Waals surface area contributed by atoms with Crippen molar-refractivity contribution in [2.24, 2.45) is 0 Å². The largest absolute Gasteiger partial charge is 0.497 e. The summed E-state index contributed by atoms with van der Waals surface area (Å²) in [4.78, 5) is 28.9. The number of ether oxygens (including phenoxy) is 2. The van der Waals surface area contributed by atoms with Crippen LogP contribution in [0, 0.1) is 0 Å². The Morgan fingerprint density at radius 1 is 0.939 bits per heavy atom. The molecular formula is C28H29NO4. The molecule has 170 valence electrons. The molecule has 0 saturated carbocycles. The zero-order valence-corrected chi connectivity index (χ0v) is 18.9. The van der Waals surface area contributed by atoms with E-state index in [-0.39, 0.29) is 17.8 Å². The van der Waals surface area contributed by atoms with Crippen LogP contribution in [0.1, 0.15) is 46.9 Å². The summed E-state index contributed by atoms with van der Waals surface area (Å²) in [5.74, 6) is 0.224. The molecule has 5 nitrogen and oxygen atoms in total. The Morgan fingerprint density at radius 3 is 2.39 bits per heavy atom. The molecular weight excluding hydrogens is 414 g/mol. The van der Waals surface area contributed by atoms with E-state index in [2.05, 4.69) is 4.90 Å². The zero-order valence-electron chi connectivity index (χ0n) is 18.9. The van der Waals surface area contributed by atoms with Crippen molar-refractivity contribution in [3.05, 3.63) is 102 Å². The molecule has 3 aromatic carbocycles. The maximum atomic E-state index is 13.4. The van der Waals surface area contributed by atoms with Crippen LogP contribution in [0.2, 0.25) is 0 Å². The van der Waals surface area contributed by atoms with Gasteiger partial charge in [-0.05, 0) is 37.1 Å². The van der Waals surface area contributed by atoms with Gasteiger partial charge in [0.2, 0.25) is 5.78 Å². The van der Waals surface area contributed by atoms with Gasteiger partial charge in [0.05, 0.1) is 7.11 Å². The maximum Gasteiger partial charge on any atom is 0.324 e. The average Bonchev–Trinajstić information content (AvgIpc) is 2.88. The number of esters is 1. The van der Waals surface area contributed by atoms with Crippen molar-refractivity contribution in [1.29, 1.82) is 0 Å². The number of benzene rings is 3. The fourth-order valence-corrected chi connectivity index (χ4v) is 4.30. The van der Waals surface area contributed by atoms with Crippen LogP contribution in [0.4, 0.5) is 0 Å². The van der Waals surface area contributed by atoms with E-state index in [0.29, 0.717) is 24.1 Å². The van der Waals surface area contributed by atoms with Crippen LogP contribution in [0.3, 0.4) is 0 Å². The number of rotatable bonds is 8. The van der Waals surface area contributed by atoms with E-state index in [0.717, 1.165) is 30.7 Å². The fourth-order valence-electron chi connectivity index (χ4n) is 4.30. The molecule has 0 N–H and O–H groups in total. The molecule has 2 atom stereocenters. The van der Waals surface area contributed by atoms with E-state index in [9.17, 15) is 9.59 Å². The van der Waals surface area contributed by atoms with Gasteiger partial charge in [0, 0.05) is 17.7 Å². The Balaban J connectivity index is 1.54. The van der Waals surface area contributed by atoms with Crippen LogP contribution in [-0.4, -0.2) is 36.3 Å². The Hall–Kier alpha value is -3.44. The SMILES string of the molecule is COc1cccc(CN2CCCCC2C(=O)OC(C(=O)c2ccccc2)c2ccccc2)c1.